The third-order valence-corrected chi connectivity index (χ3v) is 6.60. The molecule has 9 nitrogen and oxygen atoms in total. The molecule has 0 saturated carbocycles. The average Bonchev–Trinajstić information content (AvgIpc) is 2.91. The van der Waals surface area contributed by atoms with Gasteiger partial charge < -0.3 is 29.9 Å². The highest BCUT2D eigenvalue weighted by Crippen LogP contribution is 2.27. The van der Waals surface area contributed by atoms with Gasteiger partial charge in [0, 0.05) is 45.4 Å². The Morgan fingerprint density at radius 1 is 1.16 bits per heavy atom. The Balaban J connectivity index is 1.96. The van der Waals surface area contributed by atoms with Crippen LogP contribution in [0.5, 0.6) is 5.75 Å². The van der Waals surface area contributed by atoms with Crippen molar-refractivity contribution in [1.82, 2.24) is 15.1 Å². The topological polar surface area (TPSA) is 100 Å². The summed E-state index contributed by atoms with van der Waals surface area (Å²) in [6.45, 7) is 6.82. The second-order valence-corrected chi connectivity index (χ2v) is 9.63. The molecule has 38 heavy (non-hydrogen) atoms. The maximum atomic E-state index is 14.5. The Morgan fingerprint density at radius 2 is 1.89 bits per heavy atom. The normalized spacial score (nSPS) is 20.5. The van der Waals surface area contributed by atoms with E-state index in [1.165, 1.54) is 17.0 Å². The lowest BCUT2D eigenvalue weighted by Crippen LogP contribution is -2.48. The molecule has 0 saturated heterocycles. The first-order chi connectivity index (χ1) is 18.2. The van der Waals surface area contributed by atoms with E-state index >= 15 is 0 Å². The molecule has 0 spiro atoms. The summed E-state index contributed by atoms with van der Waals surface area (Å²) in [5, 5.41) is 5.48. The van der Waals surface area contributed by atoms with Gasteiger partial charge in [-0.05, 0) is 43.7 Å². The predicted octanol–water partition coefficient (Wildman–Crippen LogP) is 4.00. The zero-order chi connectivity index (χ0) is 27.8. The number of likely N-dealkylation sites (N-methyl/N-ethyl adjacent to an activating group) is 1. The number of anilines is 1. The van der Waals surface area contributed by atoms with Crippen LogP contribution in [0.3, 0.4) is 0 Å². The molecule has 2 aromatic carbocycles. The quantitative estimate of drug-likeness (QED) is 0.611. The van der Waals surface area contributed by atoms with E-state index < -0.39 is 23.9 Å². The van der Waals surface area contributed by atoms with Gasteiger partial charge in [0.2, 0.25) is 0 Å². The zero-order valence-corrected chi connectivity index (χ0v) is 22.6. The smallest absolute Gasteiger partial charge is 0.319 e. The molecule has 3 atom stereocenters. The number of carbonyl (C=O) groups excluding carboxylic acids is 3. The summed E-state index contributed by atoms with van der Waals surface area (Å²) >= 11 is 0. The lowest BCUT2D eigenvalue weighted by Gasteiger charge is -2.36. The van der Waals surface area contributed by atoms with E-state index in [-0.39, 0.29) is 48.7 Å². The number of benzene rings is 2. The van der Waals surface area contributed by atoms with Crippen LogP contribution in [0.25, 0.3) is 0 Å². The zero-order valence-electron chi connectivity index (χ0n) is 22.6. The van der Waals surface area contributed by atoms with E-state index in [4.69, 9.17) is 9.47 Å². The molecule has 2 N–H and O–H groups in total. The molecule has 0 aromatic heterocycles. The minimum Gasteiger partial charge on any atom is -0.491 e. The van der Waals surface area contributed by atoms with E-state index in [0.29, 0.717) is 18.0 Å². The highest BCUT2D eigenvalue weighted by Gasteiger charge is 2.31. The van der Waals surface area contributed by atoms with Crippen LogP contribution in [0, 0.1) is 11.7 Å². The first-order valence-corrected chi connectivity index (χ1v) is 12.8. The molecule has 1 aliphatic heterocycles. The SMILES string of the molecule is CCCNC(=O)Nc1ccc2c(c1)C(=O)N(C)C[C@@H](OC)[C@@H](C)CN(C(=O)c1ccccc1F)[C@@H](C)CO2. The van der Waals surface area contributed by atoms with E-state index in [0.717, 1.165) is 6.42 Å². The van der Waals surface area contributed by atoms with Crippen LogP contribution in [0.4, 0.5) is 14.9 Å². The molecule has 0 aliphatic carbocycles. The number of fused-ring (bicyclic) bond motifs is 1. The van der Waals surface area contributed by atoms with Gasteiger partial charge in [-0.3, -0.25) is 9.59 Å². The van der Waals surface area contributed by atoms with Crippen molar-refractivity contribution in [2.24, 2.45) is 5.92 Å². The Bertz CT molecular complexity index is 1140. The van der Waals surface area contributed by atoms with E-state index in [2.05, 4.69) is 10.6 Å². The van der Waals surface area contributed by atoms with E-state index in [1.54, 1.807) is 49.4 Å². The van der Waals surface area contributed by atoms with Gasteiger partial charge in [-0.1, -0.05) is 26.0 Å². The number of nitrogens with one attached hydrogen (secondary N) is 2. The molecule has 206 valence electrons. The average molecular weight is 529 g/mol. The van der Waals surface area contributed by atoms with Crippen molar-refractivity contribution >= 4 is 23.5 Å². The fourth-order valence-corrected chi connectivity index (χ4v) is 4.34. The molecular weight excluding hydrogens is 491 g/mol. The number of halogens is 1. The van der Waals surface area contributed by atoms with Gasteiger partial charge in [0.15, 0.2) is 0 Å². The molecule has 0 unspecified atom stereocenters. The minimum atomic E-state index is -0.591. The molecule has 4 amide bonds. The number of methoxy groups -OCH3 is 1. The van der Waals surface area contributed by atoms with Crippen LogP contribution in [0.15, 0.2) is 42.5 Å². The highest BCUT2D eigenvalue weighted by molar-refractivity contribution is 5.99. The van der Waals surface area contributed by atoms with Gasteiger partial charge in [0.25, 0.3) is 11.8 Å². The number of urea groups is 1. The number of rotatable bonds is 5. The summed E-state index contributed by atoms with van der Waals surface area (Å²) in [5.41, 5.74) is 0.691. The van der Waals surface area contributed by atoms with Crippen molar-refractivity contribution < 1.29 is 28.2 Å². The van der Waals surface area contributed by atoms with Gasteiger partial charge in [-0.15, -0.1) is 0 Å². The van der Waals surface area contributed by atoms with Crippen LogP contribution >= 0.6 is 0 Å². The van der Waals surface area contributed by atoms with Gasteiger partial charge in [0.1, 0.15) is 18.2 Å². The summed E-state index contributed by atoms with van der Waals surface area (Å²) in [6.07, 6.45) is 0.402. The summed E-state index contributed by atoms with van der Waals surface area (Å²) in [5.74, 6) is -1.19. The van der Waals surface area contributed by atoms with Gasteiger partial charge >= 0.3 is 6.03 Å². The number of hydrogen-bond acceptors (Lipinski definition) is 5. The predicted molar refractivity (Wildman–Crippen MR) is 143 cm³/mol. The molecule has 0 bridgehead atoms. The Morgan fingerprint density at radius 3 is 2.58 bits per heavy atom. The number of carbonyl (C=O) groups is 3. The van der Waals surface area contributed by atoms with E-state index in [9.17, 15) is 18.8 Å². The van der Waals surface area contributed by atoms with Gasteiger partial charge in [0.05, 0.1) is 23.3 Å². The summed E-state index contributed by atoms with van der Waals surface area (Å²) in [6, 6.07) is 9.92. The minimum absolute atomic E-state index is 0.0163. The molecule has 10 heteroatoms. The fourth-order valence-electron chi connectivity index (χ4n) is 4.34. The molecule has 2 aromatic rings. The van der Waals surface area contributed by atoms with Crippen molar-refractivity contribution in [3.05, 3.63) is 59.4 Å². The Hall–Kier alpha value is -3.66. The Labute approximate surface area is 223 Å². The maximum Gasteiger partial charge on any atom is 0.319 e. The summed E-state index contributed by atoms with van der Waals surface area (Å²) in [7, 11) is 3.22. The van der Waals surface area contributed by atoms with Gasteiger partial charge in [-0.2, -0.15) is 0 Å². The van der Waals surface area contributed by atoms with Gasteiger partial charge in [-0.25, -0.2) is 9.18 Å². The highest BCUT2D eigenvalue weighted by atomic mass is 19.1. The lowest BCUT2D eigenvalue weighted by molar-refractivity contribution is 0.0110. The Kier molecular flexibility index (Phi) is 10.1. The first-order valence-electron chi connectivity index (χ1n) is 12.8. The molecular formula is C28H37FN4O5. The number of amides is 4. The van der Waals surface area contributed by atoms with Crippen molar-refractivity contribution in [2.75, 3.05) is 45.7 Å². The first kappa shape index (κ1) is 28.9. The lowest BCUT2D eigenvalue weighted by atomic mass is 10.0. The second kappa shape index (κ2) is 13.2. The van der Waals surface area contributed by atoms with Crippen molar-refractivity contribution in [3.8, 4) is 5.75 Å². The monoisotopic (exact) mass is 528 g/mol. The van der Waals surface area contributed by atoms with Crippen LogP contribution < -0.4 is 15.4 Å². The fraction of sp³-hybridized carbons (Fsp3) is 0.464. The number of nitrogens with zero attached hydrogens (tertiary/aromatic N) is 2. The van der Waals surface area contributed by atoms with Crippen LogP contribution in [0.2, 0.25) is 0 Å². The molecule has 3 rings (SSSR count). The van der Waals surface area contributed by atoms with E-state index in [1.807, 2.05) is 20.8 Å². The standard InChI is InChI=1S/C28H37FN4O5/c1-6-13-30-28(36)31-20-11-12-24-22(14-20)26(34)32(4)16-25(37-5)18(2)15-33(19(3)17-38-24)27(35)21-9-7-8-10-23(21)29/h7-12,14,18-19,25H,6,13,15-17H2,1-5H3,(H2,30,31,36)/t18-,19-,25+/m0/s1. The maximum absolute atomic E-state index is 14.5. The summed E-state index contributed by atoms with van der Waals surface area (Å²) in [4.78, 5) is 42.2. The largest absolute Gasteiger partial charge is 0.491 e. The van der Waals surface area contributed by atoms with Crippen LogP contribution in [-0.4, -0.2) is 80.2 Å². The third kappa shape index (κ3) is 7.00. The molecule has 0 fully saturated rings. The number of hydrogen-bond donors (Lipinski definition) is 2. The van der Waals surface area contributed by atoms with Crippen molar-refractivity contribution in [2.45, 2.75) is 39.3 Å². The van der Waals surface area contributed by atoms with Crippen molar-refractivity contribution in [1.29, 1.82) is 0 Å². The van der Waals surface area contributed by atoms with Crippen LogP contribution in [0.1, 0.15) is 47.9 Å². The van der Waals surface area contributed by atoms with Crippen molar-refractivity contribution in [3.63, 3.8) is 0 Å². The molecule has 1 heterocycles. The van der Waals surface area contributed by atoms with Crippen LogP contribution in [-0.2, 0) is 4.74 Å². The third-order valence-electron chi connectivity index (χ3n) is 6.60. The molecule has 0 radical (unpaired) electrons. The summed E-state index contributed by atoms with van der Waals surface area (Å²) < 4.78 is 26.3. The number of ether oxygens (including phenoxy) is 2. The second-order valence-electron chi connectivity index (χ2n) is 9.63. The molecule has 1 aliphatic rings.